The van der Waals surface area contributed by atoms with Crippen LogP contribution in [0, 0.1) is 0 Å². The van der Waals surface area contributed by atoms with Crippen LogP contribution in [0.4, 0.5) is 0 Å². The van der Waals surface area contributed by atoms with E-state index in [0.29, 0.717) is 18.5 Å². The van der Waals surface area contributed by atoms with Crippen molar-refractivity contribution >= 4 is 30.7 Å². The quantitative estimate of drug-likeness (QED) is 0.681. The number of halogens is 2. The summed E-state index contributed by atoms with van der Waals surface area (Å²) in [6.07, 6.45) is 3.89. The lowest BCUT2D eigenvalue weighted by atomic mass is 10.0. The standard InChI is InChI=1S/C19H31N3O.2ClH/c1-3-22(4-2)18(13-16-9-6-5-7-10-16)15-21-19(23)14-17-11-8-12-20-17;;/h5-7,9-10,17-18,20H,3-4,8,11-15H2,1-2H3,(H,21,23);2*1H. The largest absolute Gasteiger partial charge is 0.354 e. The van der Waals surface area contributed by atoms with Crippen molar-refractivity contribution in [1.82, 2.24) is 15.5 Å². The number of carbonyl (C=O) groups excluding carboxylic acids is 1. The van der Waals surface area contributed by atoms with E-state index in [-0.39, 0.29) is 30.7 Å². The van der Waals surface area contributed by atoms with Crippen LogP contribution < -0.4 is 10.6 Å². The third-order valence-corrected chi connectivity index (χ3v) is 4.77. The Bertz CT molecular complexity index is 463. The fourth-order valence-corrected chi connectivity index (χ4v) is 3.42. The number of nitrogens with one attached hydrogen (secondary N) is 2. The van der Waals surface area contributed by atoms with E-state index in [1.165, 1.54) is 12.0 Å². The normalized spacial score (nSPS) is 17.5. The minimum absolute atomic E-state index is 0. The summed E-state index contributed by atoms with van der Waals surface area (Å²) in [4.78, 5) is 14.6. The lowest BCUT2D eigenvalue weighted by Crippen LogP contribution is -2.45. The highest BCUT2D eigenvalue weighted by atomic mass is 35.5. The molecule has 2 rings (SSSR count). The second kappa shape index (κ2) is 13.4. The number of nitrogens with zero attached hydrogens (tertiary/aromatic N) is 1. The van der Waals surface area contributed by atoms with E-state index in [0.717, 1.165) is 39.0 Å². The van der Waals surface area contributed by atoms with E-state index in [9.17, 15) is 4.79 Å². The Balaban J connectivity index is 0.00000288. The zero-order chi connectivity index (χ0) is 16.5. The van der Waals surface area contributed by atoms with E-state index in [1.807, 2.05) is 6.07 Å². The van der Waals surface area contributed by atoms with Crippen LogP contribution >= 0.6 is 24.8 Å². The van der Waals surface area contributed by atoms with E-state index < -0.39 is 0 Å². The van der Waals surface area contributed by atoms with Gasteiger partial charge in [-0.15, -0.1) is 24.8 Å². The molecule has 1 saturated heterocycles. The molecular formula is C19H33Cl2N3O. The summed E-state index contributed by atoms with van der Waals surface area (Å²) in [6.45, 7) is 8.16. The van der Waals surface area contributed by atoms with E-state index in [2.05, 4.69) is 53.6 Å². The summed E-state index contributed by atoms with van der Waals surface area (Å²) in [6, 6.07) is 11.3. The van der Waals surface area contributed by atoms with Gasteiger partial charge in [-0.3, -0.25) is 9.69 Å². The van der Waals surface area contributed by atoms with Crippen LogP contribution in [-0.2, 0) is 11.2 Å². The van der Waals surface area contributed by atoms with Crippen molar-refractivity contribution in [1.29, 1.82) is 0 Å². The Morgan fingerprint density at radius 2 is 1.92 bits per heavy atom. The molecule has 144 valence electrons. The maximum absolute atomic E-state index is 12.2. The van der Waals surface area contributed by atoms with Crippen LogP contribution in [-0.4, -0.2) is 49.1 Å². The van der Waals surface area contributed by atoms with Crippen molar-refractivity contribution in [3.8, 4) is 0 Å². The lowest BCUT2D eigenvalue weighted by Gasteiger charge is -2.30. The van der Waals surface area contributed by atoms with Gasteiger partial charge in [-0.05, 0) is 44.5 Å². The van der Waals surface area contributed by atoms with Crippen LogP contribution in [0.15, 0.2) is 30.3 Å². The molecule has 1 aromatic rings. The summed E-state index contributed by atoms with van der Waals surface area (Å²) < 4.78 is 0. The first-order chi connectivity index (χ1) is 11.2. The van der Waals surface area contributed by atoms with E-state index in [4.69, 9.17) is 0 Å². The van der Waals surface area contributed by atoms with Crippen LogP contribution in [0.3, 0.4) is 0 Å². The number of hydrogen-bond acceptors (Lipinski definition) is 3. The van der Waals surface area contributed by atoms with Crippen molar-refractivity contribution in [3.63, 3.8) is 0 Å². The fourth-order valence-electron chi connectivity index (χ4n) is 3.42. The molecule has 0 spiro atoms. The zero-order valence-corrected chi connectivity index (χ0v) is 17.0. The molecule has 4 nitrogen and oxygen atoms in total. The van der Waals surface area contributed by atoms with E-state index in [1.54, 1.807) is 0 Å². The molecule has 0 aliphatic carbocycles. The van der Waals surface area contributed by atoms with Gasteiger partial charge in [-0.2, -0.15) is 0 Å². The first kappa shape index (κ1) is 24.2. The maximum atomic E-state index is 12.2. The SMILES string of the molecule is CCN(CC)C(CNC(=O)CC1CCCN1)Cc1ccccc1.Cl.Cl. The minimum Gasteiger partial charge on any atom is -0.354 e. The third-order valence-electron chi connectivity index (χ3n) is 4.77. The highest BCUT2D eigenvalue weighted by Crippen LogP contribution is 2.10. The van der Waals surface area contributed by atoms with Crippen molar-refractivity contribution in [2.24, 2.45) is 0 Å². The molecule has 0 saturated carbocycles. The summed E-state index contributed by atoms with van der Waals surface area (Å²) in [7, 11) is 0. The van der Waals surface area contributed by atoms with Gasteiger partial charge in [-0.1, -0.05) is 44.2 Å². The van der Waals surface area contributed by atoms with Crippen LogP contribution in [0.1, 0.15) is 38.7 Å². The second-order valence-corrected chi connectivity index (χ2v) is 6.37. The number of hydrogen-bond donors (Lipinski definition) is 2. The van der Waals surface area contributed by atoms with Crippen LogP contribution in [0.5, 0.6) is 0 Å². The maximum Gasteiger partial charge on any atom is 0.221 e. The summed E-state index contributed by atoms with van der Waals surface area (Å²) in [5.74, 6) is 0.176. The Labute approximate surface area is 164 Å². The predicted molar refractivity (Wildman–Crippen MR) is 110 cm³/mol. The molecule has 25 heavy (non-hydrogen) atoms. The molecule has 2 atom stereocenters. The topological polar surface area (TPSA) is 44.4 Å². The number of rotatable bonds is 9. The van der Waals surface area contributed by atoms with Gasteiger partial charge < -0.3 is 10.6 Å². The third kappa shape index (κ3) is 8.41. The van der Waals surface area contributed by atoms with Crippen molar-refractivity contribution < 1.29 is 4.79 Å². The Morgan fingerprint density at radius 3 is 2.48 bits per heavy atom. The van der Waals surface area contributed by atoms with Gasteiger partial charge in [0.05, 0.1) is 0 Å². The summed E-state index contributed by atoms with van der Waals surface area (Å²) >= 11 is 0. The lowest BCUT2D eigenvalue weighted by molar-refractivity contribution is -0.121. The van der Waals surface area contributed by atoms with Crippen molar-refractivity contribution in [2.75, 3.05) is 26.2 Å². The Hall–Kier alpha value is -0.810. The van der Waals surface area contributed by atoms with Crippen molar-refractivity contribution in [3.05, 3.63) is 35.9 Å². The molecular weight excluding hydrogens is 357 g/mol. The van der Waals surface area contributed by atoms with Gasteiger partial charge in [0.1, 0.15) is 0 Å². The molecule has 1 aliphatic heterocycles. The fraction of sp³-hybridized carbons (Fsp3) is 0.632. The number of benzene rings is 1. The molecule has 2 N–H and O–H groups in total. The Morgan fingerprint density at radius 1 is 1.24 bits per heavy atom. The van der Waals surface area contributed by atoms with Gasteiger partial charge in [-0.25, -0.2) is 0 Å². The average molecular weight is 390 g/mol. The van der Waals surface area contributed by atoms with Crippen LogP contribution in [0.2, 0.25) is 0 Å². The number of carbonyl (C=O) groups is 1. The zero-order valence-electron chi connectivity index (χ0n) is 15.4. The van der Waals surface area contributed by atoms with Gasteiger partial charge in [0, 0.05) is 25.0 Å². The van der Waals surface area contributed by atoms with Gasteiger partial charge in [0.25, 0.3) is 0 Å². The number of likely N-dealkylation sites (N-methyl/N-ethyl adjacent to an activating group) is 1. The Kier molecular flexibility index (Phi) is 13.0. The molecule has 0 radical (unpaired) electrons. The first-order valence-corrected chi connectivity index (χ1v) is 9.01. The van der Waals surface area contributed by atoms with Gasteiger partial charge in [0.15, 0.2) is 0 Å². The average Bonchev–Trinajstić information content (AvgIpc) is 3.07. The molecule has 0 aromatic heterocycles. The van der Waals surface area contributed by atoms with Crippen LogP contribution in [0.25, 0.3) is 0 Å². The van der Waals surface area contributed by atoms with Crippen molar-refractivity contribution in [2.45, 2.75) is 51.6 Å². The molecule has 2 unspecified atom stereocenters. The first-order valence-electron chi connectivity index (χ1n) is 9.01. The minimum atomic E-state index is 0. The summed E-state index contributed by atoms with van der Waals surface area (Å²) in [5, 5.41) is 6.55. The van der Waals surface area contributed by atoms with Gasteiger partial charge in [0.2, 0.25) is 5.91 Å². The molecule has 0 bridgehead atoms. The molecule has 1 aromatic carbocycles. The molecule has 1 fully saturated rings. The highest BCUT2D eigenvalue weighted by Gasteiger charge is 2.20. The molecule has 1 amide bonds. The highest BCUT2D eigenvalue weighted by molar-refractivity contribution is 5.85. The smallest absolute Gasteiger partial charge is 0.221 e. The predicted octanol–water partition coefficient (Wildman–Crippen LogP) is 3.04. The molecule has 1 heterocycles. The second-order valence-electron chi connectivity index (χ2n) is 6.37. The van der Waals surface area contributed by atoms with E-state index >= 15 is 0 Å². The molecule has 1 aliphatic rings. The molecule has 6 heteroatoms. The number of amides is 1. The van der Waals surface area contributed by atoms with Gasteiger partial charge >= 0.3 is 0 Å². The summed E-state index contributed by atoms with van der Waals surface area (Å²) in [5.41, 5.74) is 1.33. The monoisotopic (exact) mass is 389 g/mol.